The Morgan fingerprint density at radius 3 is 2.45 bits per heavy atom. The van der Waals surface area contributed by atoms with E-state index in [4.69, 9.17) is 29.2 Å². The molecule has 2 aliphatic rings. The summed E-state index contributed by atoms with van der Waals surface area (Å²) in [6, 6.07) is 17.5. The van der Waals surface area contributed by atoms with Crippen LogP contribution in [0.5, 0.6) is 5.75 Å². The second kappa shape index (κ2) is 19.3. The molecule has 0 aromatic heterocycles. The number of aromatic hydroxyl groups is 1. The minimum absolute atomic E-state index is 0.0284. The van der Waals surface area contributed by atoms with Gasteiger partial charge in [-0.15, -0.1) is 0 Å². The van der Waals surface area contributed by atoms with Crippen molar-refractivity contribution in [1.82, 2.24) is 10.6 Å². The summed E-state index contributed by atoms with van der Waals surface area (Å²) in [6.45, 7) is 1.56. The number of phenolic OH excluding ortho intramolecular Hbond substituents is 1. The number of hydrogen-bond donors (Lipinski definition) is 4. The summed E-state index contributed by atoms with van der Waals surface area (Å²) in [5.41, 5.74) is 3.78. The van der Waals surface area contributed by atoms with Crippen LogP contribution < -0.4 is 21.4 Å². The summed E-state index contributed by atoms with van der Waals surface area (Å²) in [4.78, 5) is 47.1. The molecular formula is C37H42BN3O7S. The Morgan fingerprint density at radius 1 is 0.918 bits per heavy atom. The highest BCUT2D eigenvalue weighted by Crippen LogP contribution is 2.40. The molecule has 0 unspecified atom stereocenters. The molecule has 0 spiro atoms. The van der Waals surface area contributed by atoms with Gasteiger partial charge in [-0.2, -0.15) is 0 Å². The summed E-state index contributed by atoms with van der Waals surface area (Å²) < 4.78 is 11.0. The van der Waals surface area contributed by atoms with E-state index in [0.29, 0.717) is 61.6 Å². The van der Waals surface area contributed by atoms with Crippen LogP contribution >= 0.6 is 12.2 Å². The van der Waals surface area contributed by atoms with Crippen LogP contribution in [0, 0.1) is 0 Å². The number of ether oxygens (including phenoxy) is 1. The zero-order chi connectivity index (χ0) is 35.0. The van der Waals surface area contributed by atoms with Crippen molar-refractivity contribution in [3.63, 3.8) is 0 Å². The zero-order valence-corrected chi connectivity index (χ0v) is 28.3. The number of amides is 1. The summed E-state index contributed by atoms with van der Waals surface area (Å²) >= 11 is 5.49. The van der Waals surface area contributed by atoms with Crippen molar-refractivity contribution in [3.8, 4) is 28.2 Å². The number of benzene rings is 3. The molecule has 0 saturated heterocycles. The molecule has 1 aliphatic carbocycles. The first-order valence-electron chi connectivity index (χ1n) is 16.7. The lowest BCUT2D eigenvalue weighted by molar-refractivity contribution is -0.137. The van der Waals surface area contributed by atoms with E-state index in [0.717, 1.165) is 59.9 Å². The number of phenols is 1. The van der Waals surface area contributed by atoms with Gasteiger partial charge in [0.25, 0.3) is 6.47 Å². The third-order valence-electron chi connectivity index (χ3n) is 8.13. The maximum atomic E-state index is 12.4. The topological polar surface area (TPSA) is 147 Å². The summed E-state index contributed by atoms with van der Waals surface area (Å²) in [5, 5.41) is 20.5. The van der Waals surface area contributed by atoms with Crippen LogP contribution in [0.4, 0.5) is 5.69 Å². The Balaban J connectivity index is 1.14. The van der Waals surface area contributed by atoms with Crippen molar-refractivity contribution in [2.75, 3.05) is 18.4 Å². The fraction of sp³-hybridized carbons (Fsp3) is 0.378. The van der Waals surface area contributed by atoms with E-state index in [2.05, 4.69) is 16.0 Å². The zero-order valence-electron chi connectivity index (χ0n) is 27.5. The number of unbranched alkanes of at least 4 members (excludes halogenated alkanes) is 4. The molecule has 1 heterocycles. The Labute approximate surface area is 292 Å². The number of ketones is 1. The normalized spacial score (nSPS) is 11.6. The highest BCUT2D eigenvalue weighted by molar-refractivity contribution is 7.80. The first-order chi connectivity index (χ1) is 23.8. The largest absolute Gasteiger partial charge is 0.508 e. The number of carbonyl (C=O) groups is 3. The fourth-order valence-corrected chi connectivity index (χ4v) is 5.83. The van der Waals surface area contributed by atoms with Crippen LogP contribution in [0.1, 0.15) is 64.2 Å². The van der Waals surface area contributed by atoms with Crippen molar-refractivity contribution in [1.29, 1.82) is 0 Å². The Bertz CT molecular complexity index is 1740. The molecule has 10 nitrogen and oxygen atoms in total. The lowest BCUT2D eigenvalue weighted by atomic mass is 9.93. The SMILES string of the molecule is [B]CCCNC(=O)CC[C@H](CC(=O)CCCCCCCNC(=S)Nc1ccc(-c2c3ccc(=O)cc-3oc3cc(O)ccc23)cc1)OC=O. The molecule has 49 heavy (non-hydrogen) atoms. The number of fused-ring (bicyclic) bond motifs is 2. The first kappa shape index (κ1) is 37.1. The Kier molecular flexibility index (Phi) is 14.6. The highest BCUT2D eigenvalue weighted by atomic mass is 32.1. The van der Waals surface area contributed by atoms with Gasteiger partial charge in [0.05, 0.1) is 7.85 Å². The van der Waals surface area contributed by atoms with E-state index < -0.39 is 6.10 Å². The molecule has 1 aliphatic heterocycles. The van der Waals surface area contributed by atoms with Gasteiger partial charge in [-0.25, -0.2) is 0 Å². The monoisotopic (exact) mass is 683 g/mol. The van der Waals surface area contributed by atoms with E-state index in [1.165, 1.54) is 12.1 Å². The maximum absolute atomic E-state index is 12.4. The maximum Gasteiger partial charge on any atom is 0.293 e. The minimum atomic E-state index is -0.585. The first-order valence-corrected chi connectivity index (χ1v) is 17.1. The molecule has 0 bridgehead atoms. The number of rotatable bonds is 20. The lowest BCUT2D eigenvalue weighted by Gasteiger charge is -2.16. The average molecular weight is 684 g/mol. The van der Waals surface area contributed by atoms with Gasteiger partial charge in [-0.3, -0.25) is 19.2 Å². The van der Waals surface area contributed by atoms with Gasteiger partial charge in [0, 0.05) is 66.7 Å². The third kappa shape index (κ3) is 11.7. The van der Waals surface area contributed by atoms with Gasteiger partial charge in [0.1, 0.15) is 29.0 Å². The van der Waals surface area contributed by atoms with Crippen LogP contribution in [-0.4, -0.2) is 55.4 Å². The number of thiocarbonyl (C=S) groups is 1. The van der Waals surface area contributed by atoms with E-state index in [-0.39, 0.29) is 35.7 Å². The van der Waals surface area contributed by atoms with Gasteiger partial charge in [0.15, 0.2) is 10.5 Å². The highest BCUT2D eigenvalue weighted by Gasteiger charge is 2.18. The van der Waals surface area contributed by atoms with Crippen molar-refractivity contribution in [3.05, 3.63) is 70.9 Å². The molecule has 0 fully saturated rings. The molecule has 1 atom stereocenters. The molecule has 12 heteroatoms. The number of Topliss-reactive ketones (excluding diaryl/α,β-unsaturated/α-hetero) is 1. The smallest absolute Gasteiger partial charge is 0.293 e. The average Bonchev–Trinajstić information content (AvgIpc) is 3.08. The van der Waals surface area contributed by atoms with Crippen molar-refractivity contribution < 1.29 is 28.6 Å². The number of anilines is 1. The third-order valence-corrected chi connectivity index (χ3v) is 8.37. The molecular weight excluding hydrogens is 641 g/mol. The summed E-state index contributed by atoms with van der Waals surface area (Å²) in [5.74, 6) is 0.413. The minimum Gasteiger partial charge on any atom is -0.508 e. The van der Waals surface area contributed by atoms with Crippen LogP contribution in [0.15, 0.2) is 69.9 Å². The quantitative estimate of drug-likeness (QED) is 0.0276. The molecule has 2 aromatic rings. The van der Waals surface area contributed by atoms with Crippen molar-refractivity contribution in [2.24, 2.45) is 0 Å². The van der Waals surface area contributed by atoms with E-state index in [1.54, 1.807) is 24.3 Å². The van der Waals surface area contributed by atoms with Gasteiger partial charge in [0.2, 0.25) is 5.91 Å². The number of hydrogen-bond acceptors (Lipinski definition) is 8. The van der Waals surface area contributed by atoms with E-state index in [1.807, 2.05) is 24.3 Å². The second-order valence-electron chi connectivity index (χ2n) is 11.9. The molecule has 256 valence electrons. The van der Waals surface area contributed by atoms with Crippen LogP contribution in [-0.2, 0) is 19.1 Å². The predicted molar refractivity (Wildman–Crippen MR) is 196 cm³/mol. The van der Waals surface area contributed by atoms with Crippen LogP contribution in [0.2, 0.25) is 6.32 Å². The van der Waals surface area contributed by atoms with Crippen molar-refractivity contribution >= 4 is 60.0 Å². The van der Waals surface area contributed by atoms with Crippen LogP contribution in [0.25, 0.3) is 33.4 Å². The Hall–Kier alpha value is -4.71. The number of carbonyl (C=O) groups excluding carboxylic acids is 3. The lowest BCUT2D eigenvalue weighted by Crippen LogP contribution is -2.29. The molecule has 2 radical (unpaired) electrons. The second-order valence-corrected chi connectivity index (χ2v) is 12.3. The molecule has 2 aromatic carbocycles. The van der Waals surface area contributed by atoms with Gasteiger partial charge in [-0.1, -0.05) is 37.7 Å². The fourth-order valence-electron chi connectivity index (χ4n) is 5.61. The molecule has 4 N–H and O–H groups in total. The van der Waals surface area contributed by atoms with Gasteiger partial charge >= 0.3 is 0 Å². The molecule has 1 amide bonds. The van der Waals surface area contributed by atoms with E-state index >= 15 is 0 Å². The summed E-state index contributed by atoms with van der Waals surface area (Å²) in [7, 11) is 5.42. The molecule has 0 saturated carbocycles. The van der Waals surface area contributed by atoms with Gasteiger partial charge in [-0.05, 0) is 79.9 Å². The van der Waals surface area contributed by atoms with Crippen LogP contribution in [0.3, 0.4) is 0 Å². The molecule has 4 rings (SSSR count). The van der Waals surface area contributed by atoms with E-state index in [9.17, 15) is 24.3 Å². The predicted octanol–water partition coefficient (Wildman–Crippen LogP) is 6.27. The standard InChI is InChI=1S/C37H42BN3O7S/c38-18-6-20-39-35(46)17-14-30(47-24-42)21-27(43)7-4-2-1-3-5-19-40-37(49)41-26-10-8-25(9-11-26)36-31-15-12-28(44)22-33(31)48-34-23-29(45)13-16-32(34)36/h8-13,15-16,22-24,30,44H,1-7,14,17-21H2,(H,39,46)(H2,40,41,49)/t30-/m1/s1. The van der Waals surface area contributed by atoms with Crippen molar-refractivity contribution in [2.45, 2.75) is 76.6 Å². The van der Waals surface area contributed by atoms with Gasteiger partial charge < -0.3 is 30.2 Å². The number of nitrogens with one attached hydrogen (secondary N) is 3. The Morgan fingerprint density at radius 2 is 1.67 bits per heavy atom. The summed E-state index contributed by atoms with van der Waals surface area (Å²) in [6.07, 6.45) is 6.24.